The fourth-order valence-electron chi connectivity index (χ4n) is 2.39. The smallest absolute Gasteiger partial charge is 0.319 e. The van der Waals surface area contributed by atoms with Crippen LogP contribution in [0.4, 0.5) is 10.5 Å². The second kappa shape index (κ2) is 7.16. The Labute approximate surface area is 145 Å². The van der Waals surface area contributed by atoms with Crippen molar-refractivity contribution in [3.8, 4) is 5.69 Å². The number of hydrogen-bond donors (Lipinski definition) is 2. The summed E-state index contributed by atoms with van der Waals surface area (Å²) >= 11 is 0. The van der Waals surface area contributed by atoms with E-state index in [-0.39, 0.29) is 18.1 Å². The van der Waals surface area contributed by atoms with Crippen molar-refractivity contribution in [3.05, 3.63) is 54.6 Å². The molecule has 0 spiro atoms. The van der Waals surface area contributed by atoms with E-state index in [9.17, 15) is 4.79 Å². The molecule has 0 aliphatic rings. The molecule has 0 radical (unpaired) electrons. The van der Waals surface area contributed by atoms with E-state index in [1.807, 2.05) is 51.2 Å². The number of hydrogen-bond acceptors (Lipinski definition) is 4. The molecule has 0 unspecified atom stereocenters. The van der Waals surface area contributed by atoms with Gasteiger partial charge >= 0.3 is 6.03 Å². The fourth-order valence-corrected chi connectivity index (χ4v) is 2.39. The summed E-state index contributed by atoms with van der Waals surface area (Å²) in [6.45, 7) is 5.99. The first-order valence-corrected chi connectivity index (χ1v) is 8.11. The number of nitrogens with zero attached hydrogens (tertiary/aromatic N) is 5. The van der Waals surface area contributed by atoms with E-state index in [1.54, 1.807) is 28.0 Å². The van der Waals surface area contributed by atoms with Gasteiger partial charge in [-0.3, -0.25) is 4.68 Å². The largest absolute Gasteiger partial charge is 0.331 e. The van der Waals surface area contributed by atoms with Crippen molar-refractivity contribution < 1.29 is 4.79 Å². The standard InChI is InChI=1S/C17H21N7O/c1-12(2)24-11-15(10-19-24)21-17(25)20-13(3)14-4-6-16(7-5-14)23-9-8-18-22-23/h4-13H,1-3H3,(H2,20,21,25)/t13-/m1/s1. The van der Waals surface area contributed by atoms with Crippen molar-refractivity contribution in [1.82, 2.24) is 30.1 Å². The second-order valence-electron chi connectivity index (χ2n) is 6.06. The molecule has 1 aromatic carbocycles. The highest BCUT2D eigenvalue weighted by atomic mass is 16.2. The molecular weight excluding hydrogens is 318 g/mol. The molecule has 0 saturated carbocycles. The zero-order valence-electron chi connectivity index (χ0n) is 14.4. The minimum absolute atomic E-state index is 0.134. The lowest BCUT2D eigenvalue weighted by atomic mass is 10.1. The number of benzene rings is 1. The van der Waals surface area contributed by atoms with Crippen molar-refractivity contribution in [2.24, 2.45) is 0 Å². The number of anilines is 1. The molecule has 0 bridgehead atoms. The number of rotatable bonds is 5. The highest BCUT2D eigenvalue weighted by molar-refractivity contribution is 5.89. The monoisotopic (exact) mass is 339 g/mol. The van der Waals surface area contributed by atoms with Crippen LogP contribution in [0.15, 0.2) is 49.1 Å². The molecule has 2 N–H and O–H groups in total. The first kappa shape index (κ1) is 16.7. The van der Waals surface area contributed by atoms with E-state index in [0.717, 1.165) is 11.3 Å². The maximum atomic E-state index is 12.1. The summed E-state index contributed by atoms with van der Waals surface area (Å²) in [6.07, 6.45) is 6.85. The minimum atomic E-state index is -0.267. The molecule has 8 heteroatoms. The van der Waals surface area contributed by atoms with Crippen molar-refractivity contribution in [1.29, 1.82) is 0 Å². The number of nitrogens with one attached hydrogen (secondary N) is 2. The minimum Gasteiger partial charge on any atom is -0.331 e. The van der Waals surface area contributed by atoms with Gasteiger partial charge in [-0.15, -0.1) is 5.10 Å². The summed E-state index contributed by atoms with van der Waals surface area (Å²) in [5.41, 5.74) is 2.58. The Balaban J connectivity index is 1.59. The van der Waals surface area contributed by atoms with Gasteiger partial charge in [-0.1, -0.05) is 17.3 Å². The third-order valence-corrected chi connectivity index (χ3v) is 3.82. The van der Waals surface area contributed by atoms with E-state index < -0.39 is 0 Å². The highest BCUT2D eigenvalue weighted by Gasteiger charge is 2.11. The number of amides is 2. The van der Waals surface area contributed by atoms with Crippen LogP contribution in [0.2, 0.25) is 0 Å². The SMILES string of the molecule is CC(C)n1cc(NC(=O)N[C@H](C)c2ccc(-n3ccnn3)cc2)cn1. The molecule has 3 rings (SSSR count). The maximum Gasteiger partial charge on any atom is 0.319 e. The molecule has 3 aromatic rings. The van der Waals surface area contributed by atoms with Crippen LogP contribution < -0.4 is 10.6 Å². The van der Waals surface area contributed by atoms with Crippen LogP contribution in [0, 0.1) is 0 Å². The van der Waals surface area contributed by atoms with Gasteiger partial charge in [-0.2, -0.15) is 5.10 Å². The predicted molar refractivity (Wildman–Crippen MR) is 94.5 cm³/mol. The maximum absolute atomic E-state index is 12.1. The van der Waals surface area contributed by atoms with Gasteiger partial charge < -0.3 is 10.6 Å². The molecule has 0 aliphatic carbocycles. The topological polar surface area (TPSA) is 89.7 Å². The van der Waals surface area contributed by atoms with Gasteiger partial charge in [0.05, 0.1) is 36.0 Å². The van der Waals surface area contributed by atoms with Crippen LogP contribution in [-0.2, 0) is 0 Å². The first-order chi connectivity index (χ1) is 12.0. The van der Waals surface area contributed by atoms with Crippen molar-refractivity contribution in [2.45, 2.75) is 32.9 Å². The Bertz CT molecular complexity index is 821. The van der Waals surface area contributed by atoms with Gasteiger partial charge in [0.25, 0.3) is 0 Å². The highest BCUT2D eigenvalue weighted by Crippen LogP contribution is 2.16. The average molecular weight is 339 g/mol. The number of carbonyl (C=O) groups excluding carboxylic acids is 1. The molecule has 0 fully saturated rings. The number of aromatic nitrogens is 5. The molecule has 1 atom stereocenters. The lowest BCUT2D eigenvalue weighted by molar-refractivity contribution is 0.249. The van der Waals surface area contributed by atoms with Crippen molar-refractivity contribution in [3.63, 3.8) is 0 Å². The quantitative estimate of drug-likeness (QED) is 0.748. The zero-order chi connectivity index (χ0) is 17.8. The van der Waals surface area contributed by atoms with E-state index in [1.165, 1.54) is 0 Å². The van der Waals surface area contributed by atoms with Crippen LogP contribution in [-0.4, -0.2) is 30.8 Å². The third kappa shape index (κ3) is 4.03. The lowest BCUT2D eigenvalue weighted by Gasteiger charge is -2.15. The Morgan fingerprint density at radius 3 is 2.52 bits per heavy atom. The van der Waals surface area contributed by atoms with Gasteiger partial charge in [0.1, 0.15) is 0 Å². The average Bonchev–Trinajstić information content (AvgIpc) is 3.26. The van der Waals surface area contributed by atoms with Crippen LogP contribution in [0.25, 0.3) is 5.69 Å². The van der Waals surface area contributed by atoms with E-state index in [4.69, 9.17) is 0 Å². The fraction of sp³-hybridized carbons (Fsp3) is 0.294. The van der Waals surface area contributed by atoms with Gasteiger partial charge in [-0.05, 0) is 38.5 Å². The van der Waals surface area contributed by atoms with Crippen molar-refractivity contribution in [2.75, 3.05) is 5.32 Å². The van der Waals surface area contributed by atoms with E-state index in [2.05, 4.69) is 26.0 Å². The molecule has 130 valence electrons. The Morgan fingerprint density at radius 2 is 1.92 bits per heavy atom. The normalized spacial score (nSPS) is 12.2. The molecule has 2 heterocycles. The molecule has 0 aliphatic heterocycles. The zero-order valence-corrected chi connectivity index (χ0v) is 14.4. The molecule has 25 heavy (non-hydrogen) atoms. The van der Waals surface area contributed by atoms with Gasteiger partial charge in [-0.25, -0.2) is 9.48 Å². The van der Waals surface area contributed by atoms with E-state index in [0.29, 0.717) is 5.69 Å². The summed E-state index contributed by atoms with van der Waals surface area (Å²) in [5.74, 6) is 0. The number of carbonyl (C=O) groups is 1. The van der Waals surface area contributed by atoms with Crippen LogP contribution in [0.3, 0.4) is 0 Å². The Kier molecular flexibility index (Phi) is 4.78. The summed E-state index contributed by atoms with van der Waals surface area (Å²) in [5, 5.41) is 17.7. The second-order valence-corrected chi connectivity index (χ2v) is 6.06. The summed E-state index contributed by atoms with van der Waals surface area (Å²) in [7, 11) is 0. The molecule has 2 aromatic heterocycles. The molecule has 8 nitrogen and oxygen atoms in total. The van der Waals surface area contributed by atoms with Crippen LogP contribution in [0.1, 0.15) is 38.4 Å². The predicted octanol–water partition coefficient (Wildman–Crippen LogP) is 2.93. The van der Waals surface area contributed by atoms with Gasteiger partial charge in [0, 0.05) is 12.2 Å². The Morgan fingerprint density at radius 1 is 1.16 bits per heavy atom. The summed E-state index contributed by atoms with van der Waals surface area (Å²) in [6, 6.07) is 7.64. The summed E-state index contributed by atoms with van der Waals surface area (Å²) < 4.78 is 3.48. The van der Waals surface area contributed by atoms with E-state index >= 15 is 0 Å². The summed E-state index contributed by atoms with van der Waals surface area (Å²) in [4.78, 5) is 12.1. The van der Waals surface area contributed by atoms with Crippen molar-refractivity contribution >= 4 is 11.7 Å². The third-order valence-electron chi connectivity index (χ3n) is 3.82. The Hall–Kier alpha value is -3.16. The lowest BCUT2D eigenvalue weighted by Crippen LogP contribution is -2.31. The van der Waals surface area contributed by atoms with Crippen LogP contribution in [0.5, 0.6) is 0 Å². The molecule has 2 amide bonds. The van der Waals surface area contributed by atoms with Crippen LogP contribution >= 0.6 is 0 Å². The number of urea groups is 1. The molecule has 0 saturated heterocycles. The van der Waals surface area contributed by atoms with Gasteiger partial charge in [0.2, 0.25) is 0 Å². The molecular formula is C17H21N7O. The first-order valence-electron chi connectivity index (χ1n) is 8.11. The van der Waals surface area contributed by atoms with Gasteiger partial charge in [0.15, 0.2) is 0 Å².